The highest BCUT2D eigenvalue weighted by atomic mass is 35.5. The summed E-state index contributed by atoms with van der Waals surface area (Å²) in [5, 5.41) is 0.106. The molecule has 178 valence electrons. The first-order chi connectivity index (χ1) is 15.7. The van der Waals surface area contributed by atoms with Crippen LogP contribution in [0, 0.1) is 11.7 Å². The second-order valence-electron chi connectivity index (χ2n) is 9.10. The Morgan fingerprint density at radius 2 is 1.73 bits per heavy atom. The van der Waals surface area contributed by atoms with Crippen molar-refractivity contribution in [3.63, 3.8) is 0 Å². The first kappa shape index (κ1) is 24.0. The highest BCUT2D eigenvalue weighted by Crippen LogP contribution is 2.32. The van der Waals surface area contributed by atoms with E-state index in [1.165, 1.54) is 28.6 Å². The molecule has 1 heterocycles. The van der Waals surface area contributed by atoms with Gasteiger partial charge in [-0.2, -0.15) is 4.31 Å². The van der Waals surface area contributed by atoms with Crippen molar-refractivity contribution in [2.75, 3.05) is 37.6 Å². The maximum atomic E-state index is 13.4. The Kier molecular flexibility index (Phi) is 6.98. The number of nitrogens with zero attached hydrogens (tertiary/aromatic N) is 3. The molecule has 4 rings (SSSR count). The van der Waals surface area contributed by atoms with Crippen LogP contribution in [0.1, 0.15) is 37.0 Å². The third-order valence-corrected chi connectivity index (χ3v) is 8.42. The van der Waals surface area contributed by atoms with Crippen LogP contribution in [0.5, 0.6) is 0 Å². The Morgan fingerprint density at radius 1 is 1.09 bits per heavy atom. The summed E-state index contributed by atoms with van der Waals surface area (Å²) in [6.45, 7) is 6.26. The number of carbonyl (C=O) groups excluding carboxylic acids is 1. The van der Waals surface area contributed by atoms with E-state index >= 15 is 0 Å². The lowest BCUT2D eigenvalue weighted by Gasteiger charge is -2.35. The Balaban J connectivity index is 1.52. The quantitative estimate of drug-likeness (QED) is 0.578. The zero-order valence-electron chi connectivity index (χ0n) is 18.9. The molecule has 0 radical (unpaired) electrons. The minimum Gasteiger partial charge on any atom is -0.369 e. The van der Waals surface area contributed by atoms with Gasteiger partial charge in [0.15, 0.2) is 0 Å². The van der Waals surface area contributed by atoms with E-state index in [1.807, 2.05) is 9.80 Å². The van der Waals surface area contributed by atoms with E-state index in [0.717, 1.165) is 18.5 Å². The summed E-state index contributed by atoms with van der Waals surface area (Å²) in [7, 11) is -3.87. The smallest absolute Gasteiger partial charge is 0.254 e. The van der Waals surface area contributed by atoms with Crippen LogP contribution in [0.3, 0.4) is 0 Å². The Bertz CT molecular complexity index is 1110. The Labute approximate surface area is 200 Å². The molecule has 0 N–H and O–H groups in total. The van der Waals surface area contributed by atoms with E-state index < -0.39 is 10.0 Å². The van der Waals surface area contributed by atoms with Gasteiger partial charge in [0.1, 0.15) is 10.7 Å². The fourth-order valence-corrected chi connectivity index (χ4v) is 6.08. The molecule has 0 unspecified atom stereocenters. The van der Waals surface area contributed by atoms with Crippen LogP contribution in [0.4, 0.5) is 10.1 Å². The molecule has 0 spiro atoms. The molecule has 2 fully saturated rings. The normalized spacial score (nSPS) is 17.4. The average Bonchev–Trinajstić information content (AvgIpc) is 3.63. The van der Waals surface area contributed by atoms with E-state index in [0.29, 0.717) is 31.1 Å². The largest absolute Gasteiger partial charge is 0.369 e. The minimum atomic E-state index is -3.87. The van der Waals surface area contributed by atoms with Crippen LogP contribution in [0.2, 0.25) is 5.02 Å². The van der Waals surface area contributed by atoms with Gasteiger partial charge in [0.2, 0.25) is 10.0 Å². The van der Waals surface area contributed by atoms with Crippen molar-refractivity contribution in [1.29, 1.82) is 0 Å². The summed E-state index contributed by atoms with van der Waals surface area (Å²) < 4.78 is 41.4. The number of hydrogen-bond acceptors (Lipinski definition) is 4. The lowest BCUT2D eigenvalue weighted by Crippen LogP contribution is -2.48. The monoisotopic (exact) mass is 493 g/mol. The fourth-order valence-electron chi connectivity index (χ4n) is 4.15. The van der Waals surface area contributed by atoms with Gasteiger partial charge in [-0.25, -0.2) is 12.8 Å². The summed E-state index contributed by atoms with van der Waals surface area (Å²) >= 11 is 6.31. The van der Waals surface area contributed by atoms with Crippen molar-refractivity contribution in [2.45, 2.75) is 37.6 Å². The van der Waals surface area contributed by atoms with Crippen molar-refractivity contribution in [3.8, 4) is 0 Å². The third-order valence-electron chi connectivity index (χ3n) is 6.04. The van der Waals surface area contributed by atoms with Gasteiger partial charge in [0.25, 0.3) is 5.91 Å². The summed E-state index contributed by atoms with van der Waals surface area (Å²) in [6.07, 6.45) is 1.96. The van der Waals surface area contributed by atoms with Crippen molar-refractivity contribution in [2.24, 2.45) is 5.92 Å². The van der Waals surface area contributed by atoms with Gasteiger partial charge in [-0.05, 0) is 61.2 Å². The molecule has 9 heteroatoms. The topological polar surface area (TPSA) is 60.9 Å². The predicted molar refractivity (Wildman–Crippen MR) is 128 cm³/mol. The fraction of sp³-hybridized carbons (Fsp3) is 0.458. The summed E-state index contributed by atoms with van der Waals surface area (Å²) in [4.78, 5) is 17.0. The van der Waals surface area contributed by atoms with Crippen LogP contribution >= 0.6 is 11.6 Å². The first-order valence-corrected chi connectivity index (χ1v) is 13.1. The molecule has 2 aliphatic rings. The number of carbonyl (C=O) groups is 1. The van der Waals surface area contributed by atoms with Gasteiger partial charge in [-0.15, -0.1) is 0 Å². The zero-order chi connectivity index (χ0) is 23.8. The maximum absolute atomic E-state index is 13.4. The van der Waals surface area contributed by atoms with Gasteiger partial charge in [0.05, 0.1) is 5.02 Å². The molecule has 1 aliphatic carbocycles. The van der Waals surface area contributed by atoms with Gasteiger partial charge in [0, 0.05) is 50.0 Å². The number of piperazine rings is 1. The number of sulfonamides is 1. The molecule has 0 aromatic heterocycles. The second kappa shape index (κ2) is 9.60. The summed E-state index contributed by atoms with van der Waals surface area (Å²) in [5.74, 6) is -0.138. The van der Waals surface area contributed by atoms with Crippen LogP contribution < -0.4 is 4.90 Å². The molecule has 6 nitrogen and oxygen atoms in total. The SMILES string of the molecule is CC(C)CN(C(=O)c1ccc(Cl)c(S(=O)(=O)N2CCN(c3ccc(F)cc3)CC2)c1)C1CC1. The standard InChI is InChI=1S/C24H29ClFN3O3S/c1-17(2)16-29(21-8-9-21)24(30)18-3-10-22(25)23(15-18)33(31,32)28-13-11-27(12-14-28)20-6-4-19(26)5-7-20/h3-7,10,15,17,21H,8-9,11-14,16H2,1-2H3. The molecule has 0 bridgehead atoms. The summed E-state index contributed by atoms with van der Waals surface area (Å²) in [5.41, 5.74) is 1.19. The molecule has 0 atom stereocenters. The van der Waals surface area contributed by atoms with Crippen molar-refractivity contribution >= 4 is 33.2 Å². The van der Waals surface area contributed by atoms with Crippen LogP contribution in [0.25, 0.3) is 0 Å². The molecule has 2 aromatic rings. The molecule has 1 amide bonds. The molecule has 2 aromatic carbocycles. The number of rotatable bonds is 7. The predicted octanol–water partition coefficient (Wildman–Crippen LogP) is 4.25. The average molecular weight is 494 g/mol. The molecule has 1 aliphatic heterocycles. The molecule has 1 saturated carbocycles. The number of hydrogen-bond donors (Lipinski definition) is 0. The number of benzene rings is 2. The molecule has 33 heavy (non-hydrogen) atoms. The van der Waals surface area contributed by atoms with E-state index in [4.69, 9.17) is 11.6 Å². The van der Waals surface area contributed by atoms with Gasteiger partial charge < -0.3 is 9.80 Å². The number of amides is 1. The van der Waals surface area contributed by atoms with Crippen LogP contribution in [0.15, 0.2) is 47.4 Å². The number of anilines is 1. The Hall–Kier alpha value is -2.16. The zero-order valence-corrected chi connectivity index (χ0v) is 20.4. The van der Waals surface area contributed by atoms with Crippen molar-refractivity contribution in [1.82, 2.24) is 9.21 Å². The lowest BCUT2D eigenvalue weighted by atomic mass is 10.1. The number of halogens is 2. The highest BCUT2D eigenvalue weighted by Gasteiger charge is 2.35. The third kappa shape index (κ3) is 5.34. The molecule has 1 saturated heterocycles. The minimum absolute atomic E-state index is 0.0365. The van der Waals surface area contributed by atoms with E-state index in [1.54, 1.807) is 18.2 Å². The van der Waals surface area contributed by atoms with Gasteiger partial charge >= 0.3 is 0 Å². The van der Waals surface area contributed by atoms with E-state index in [-0.39, 0.29) is 40.8 Å². The molecular weight excluding hydrogens is 465 g/mol. The van der Waals surface area contributed by atoms with Crippen LogP contribution in [-0.2, 0) is 10.0 Å². The Morgan fingerprint density at radius 3 is 2.30 bits per heavy atom. The van der Waals surface area contributed by atoms with Crippen LogP contribution in [-0.4, -0.2) is 62.3 Å². The van der Waals surface area contributed by atoms with Crippen molar-refractivity contribution < 1.29 is 17.6 Å². The molecular formula is C24H29ClFN3O3S. The van der Waals surface area contributed by atoms with Gasteiger partial charge in [-0.1, -0.05) is 25.4 Å². The van der Waals surface area contributed by atoms with Gasteiger partial charge in [-0.3, -0.25) is 4.79 Å². The lowest BCUT2D eigenvalue weighted by molar-refractivity contribution is 0.0722. The van der Waals surface area contributed by atoms with Crippen molar-refractivity contribution in [3.05, 3.63) is 58.9 Å². The maximum Gasteiger partial charge on any atom is 0.254 e. The van der Waals surface area contributed by atoms with E-state index in [9.17, 15) is 17.6 Å². The summed E-state index contributed by atoms with van der Waals surface area (Å²) in [6, 6.07) is 10.9. The first-order valence-electron chi connectivity index (χ1n) is 11.3. The van der Waals surface area contributed by atoms with E-state index in [2.05, 4.69) is 13.8 Å². The second-order valence-corrected chi connectivity index (χ2v) is 11.4. The highest BCUT2D eigenvalue weighted by molar-refractivity contribution is 7.89.